The van der Waals surface area contributed by atoms with Gasteiger partial charge in [0.15, 0.2) is 0 Å². The van der Waals surface area contributed by atoms with Crippen LogP contribution in [-0.4, -0.2) is 60.7 Å². The van der Waals surface area contributed by atoms with Crippen LogP contribution in [0.4, 0.5) is 0 Å². The Kier molecular flexibility index (Phi) is 5.48. The highest BCUT2D eigenvalue weighted by molar-refractivity contribution is 5.71. The molecule has 2 saturated heterocycles. The number of carbonyl (C=O) groups is 2. The molecule has 0 aromatic heterocycles. The number of carboxylic acid groups (broad SMARTS) is 2. The zero-order valence-electron chi connectivity index (χ0n) is 9.82. The highest BCUT2D eigenvalue weighted by Crippen LogP contribution is 2.11. The van der Waals surface area contributed by atoms with E-state index in [9.17, 15) is 9.59 Å². The van der Waals surface area contributed by atoms with Gasteiger partial charge in [-0.2, -0.15) is 0 Å². The first-order chi connectivity index (χ1) is 8.43. The number of hydrogen-bond acceptors (Lipinski definition) is 6. The van der Waals surface area contributed by atoms with Crippen molar-refractivity contribution in [3.05, 3.63) is 0 Å². The maximum Gasteiger partial charge on any atom is 0.310 e. The number of ether oxygens (including phenoxy) is 2. The SMILES string of the molecule is N[C@@H]1COC[C@@H]1C(=O)O.N[C@H]1COC[C@H]1C(=O)O. The molecule has 2 heterocycles. The normalized spacial score (nSPS) is 34.8. The summed E-state index contributed by atoms with van der Waals surface area (Å²) >= 11 is 0. The molecule has 8 heteroatoms. The number of hydrogen-bond donors (Lipinski definition) is 4. The van der Waals surface area contributed by atoms with Crippen LogP contribution < -0.4 is 11.5 Å². The first-order valence-corrected chi connectivity index (χ1v) is 5.55. The summed E-state index contributed by atoms with van der Waals surface area (Å²) in [5.41, 5.74) is 10.7. The molecule has 0 saturated carbocycles. The van der Waals surface area contributed by atoms with Gasteiger partial charge in [-0.1, -0.05) is 0 Å². The van der Waals surface area contributed by atoms with Gasteiger partial charge in [-0.3, -0.25) is 9.59 Å². The second-order valence-corrected chi connectivity index (χ2v) is 4.29. The van der Waals surface area contributed by atoms with E-state index in [4.69, 9.17) is 31.2 Å². The average Bonchev–Trinajstić information content (AvgIpc) is 2.87. The summed E-state index contributed by atoms with van der Waals surface area (Å²) in [6.07, 6.45) is 0. The second-order valence-electron chi connectivity index (χ2n) is 4.29. The third kappa shape index (κ3) is 3.91. The van der Waals surface area contributed by atoms with Crippen molar-refractivity contribution in [2.45, 2.75) is 12.1 Å². The number of rotatable bonds is 2. The first kappa shape index (κ1) is 14.8. The number of aliphatic carboxylic acids is 2. The van der Waals surface area contributed by atoms with Gasteiger partial charge in [-0.15, -0.1) is 0 Å². The molecule has 4 atom stereocenters. The predicted molar refractivity (Wildman–Crippen MR) is 59.8 cm³/mol. The second kappa shape index (κ2) is 6.64. The van der Waals surface area contributed by atoms with E-state index < -0.39 is 23.8 Å². The molecule has 0 amide bonds. The maximum atomic E-state index is 10.3. The topological polar surface area (TPSA) is 145 Å². The van der Waals surface area contributed by atoms with E-state index in [1.165, 1.54) is 0 Å². The molecule has 18 heavy (non-hydrogen) atoms. The zero-order valence-corrected chi connectivity index (χ0v) is 9.82. The highest BCUT2D eigenvalue weighted by Gasteiger charge is 2.31. The summed E-state index contributed by atoms with van der Waals surface area (Å²) in [5, 5.41) is 16.8. The maximum absolute atomic E-state index is 10.3. The molecule has 8 nitrogen and oxygen atoms in total. The molecule has 0 aromatic rings. The van der Waals surface area contributed by atoms with Crippen LogP contribution in [0.5, 0.6) is 0 Å². The van der Waals surface area contributed by atoms with Gasteiger partial charge >= 0.3 is 11.9 Å². The fraction of sp³-hybridized carbons (Fsp3) is 0.800. The average molecular weight is 262 g/mol. The van der Waals surface area contributed by atoms with E-state index >= 15 is 0 Å². The van der Waals surface area contributed by atoms with Crippen LogP contribution in [0.15, 0.2) is 0 Å². The monoisotopic (exact) mass is 262 g/mol. The molecule has 2 aliphatic rings. The fourth-order valence-corrected chi connectivity index (χ4v) is 1.65. The van der Waals surface area contributed by atoms with Gasteiger partial charge in [0.1, 0.15) is 0 Å². The smallest absolute Gasteiger partial charge is 0.310 e. The van der Waals surface area contributed by atoms with E-state index in [1.807, 2.05) is 0 Å². The summed E-state index contributed by atoms with van der Waals surface area (Å²) in [5.74, 6) is -2.71. The van der Waals surface area contributed by atoms with E-state index in [0.717, 1.165) is 0 Å². The third-order valence-electron chi connectivity index (χ3n) is 2.88. The predicted octanol–water partition coefficient (Wildman–Crippen LogP) is -1.91. The molecule has 0 radical (unpaired) electrons. The van der Waals surface area contributed by atoms with Crippen molar-refractivity contribution < 1.29 is 29.3 Å². The van der Waals surface area contributed by atoms with Gasteiger partial charge in [-0.25, -0.2) is 0 Å². The van der Waals surface area contributed by atoms with Crippen molar-refractivity contribution in [1.29, 1.82) is 0 Å². The lowest BCUT2D eigenvalue weighted by atomic mass is 10.1. The molecule has 0 unspecified atom stereocenters. The van der Waals surface area contributed by atoms with E-state index in [0.29, 0.717) is 13.2 Å². The van der Waals surface area contributed by atoms with Crippen LogP contribution in [0.25, 0.3) is 0 Å². The minimum atomic E-state index is -0.861. The largest absolute Gasteiger partial charge is 0.481 e. The van der Waals surface area contributed by atoms with Crippen molar-refractivity contribution in [3.63, 3.8) is 0 Å². The summed E-state index contributed by atoms with van der Waals surface area (Å²) < 4.78 is 9.65. The quantitative estimate of drug-likeness (QED) is 0.451. The molecule has 0 bridgehead atoms. The molecule has 2 aliphatic heterocycles. The van der Waals surface area contributed by atoms with Crippen molar-refractivity contribution in [2.75, 3.05) is 26.4 Å². The Morgan fingerprint density at radius 2 is 1.17 bits per heavy atom. The number of nitrogens with two attached hydrogens (primary N) is 2. The van der Waals surface area contributed by atoms with E-state index in [1.54, 1.807) is 0 Å². The summed E-state index contributed by atoms with van der Waals surface area (Å²) in [4.78, 5) is 20.5. The van der Waals surface area contributed by atoms with Gasteiger partial charge in [0, 0.05) is 12.1 Å². The van der Waals surface area contributed by atoms with Crippen LogP contribution in [0.1, 0.15) is 0 Å². The van der Waals surface area contributed by atoms with Gasteiger partial charge < -0.3 is 31.2 Å². The molecule has 0 aromatic carbocycles. The van der Waals surface area contributed by atoms with Gasteiger partial charge in [0.2, 0.25) is 0 Å². The molecule has 0 aliphatic carbocycles. The van der Waals surface area contributed by atoms with Crippen molar-refractivity contribution >= 4 is 11.9 Å². The Morgan fingerprint density at radius 1 is 0.833 bits per heavy atom. The minimum absolute atomic E-state index is 0.260. The minimum Gasteiger partial charge on any atom is -0.481 e. The van der Waals surface area contributed by atoms with Gasteiger partial charge in [0.05, 0.1) is 38.3 Å². The zero-order chi connectivity index (χ0) is 13.7. The Bertz CT molecular complexity index is 281. The molecule has 104 valence electrons. The first-order valence-electron chi connectivity index (χ1n) is 5.55. The molecular formula is C10H18N2O6. The summed E-state index contributed by atoms with van der Waals surface area (Å²) in [7, 11) is 0. The Labute approximate surface area is 104 Å². The number of carboxylic acids is 2. The van der Waals surface area contributed by atoms with Crippen LogP contribution in [-0.2, 0) is 19.1 Å². The lowest BCUT2D eigenvalue weighted by molar-refractivity contribution is -0.142. The van der Waals surface area contributed by atoms with Gasteiger partial charge in [-0.05, 0) is 0 Å². The van der Waals surface area contributed by atoms with Crippen LogP contribution in [0.2, 0.25) is 0 Å². The Balaban J connectivity index is 0.000000180. The standard InChI is InChI=1S/2C5H9NO3/c2*6-4-2-9-1-3(4)5(7)8/h2*3-4H,1-2,6H2,(H,7,8)/t2*3-,4+/m10/s1. The van der Waals surface area contributed by atoms with Crippen molar-refractivity contribution in [2.24, 2.45) is 23.3 Å². The Morgan fingerprint density at radius 3 is 1.28 bits per heavy atom. The molecule has 2 fully saturated rings. The summed E-state index contributed by atoms with van der Waals surface area (Å²) in [6, 6.07) is -0.634. The lowest BCUT2D eigenvalue weighted by Crippen LogP contribution is -2.33. The van der Waals surface area contributed by atoms with Crippen molar-refractivity contribution in [3.8, 4) is 0 Å². The fourth-order valence-electron chi connectivity index (χ4n) is 1.65. The third-order valence-corrected chi connectivity index (χ3v) is 2.88. The van der Waals surface area contributed by atoms with Gasteiger partial charge in [0.25, 0.3) is 0 Å². The Hall–Kier alpha value is -1.22. The summed E-state index contributed by atoms with van der Waals surface area (Å²) in [6.45, 7) is 1.26. The molecular weight excluding hydrogens is 244 g/mol. The molecule has 0 spiro atoms. The van der Waals surface area contributed by atoms with Crippen molar-refractivity contribution in [1.82, 2.24) is 0 Å². The van der Waals surface area contributed by atoms with Crippen LogP contribution in [0.3, 0.4) is 0 Å². The molecule has 2 rings (SSSR count). The van der Waals surface area contributed by atoms with Crippen LogP contribution >= 0.6 is 0 Å². The molecule has 6 N–H and O–H groups in total. The lowest BCUT2D eigenvalue weighted by Gasteiger charge is -2.04. The van der Waals surface area contributed by atoms with E-state index in [2.05, 4.69) is 0 Å². The van der Waals surface area contributed by atoms with Crippen LogP contribution in [0, 0.1) is 11.8 Å². The van der Waals surface area contributed by atoms with E-state index in [-0.39, 0.29) is 25.3 Å². The highest BCUT2D eigenvalue weighted by atomic mass is 16.5.